The first kappa shape index (κ1) is 17.5. The molecule has 25 heavy (non-hydrogen) atoms. The van der Waals surface area contributed by atoms with Gasteiger partial charge in [-0.15, -0.1) is 0 Å². The van der Waals surface area contributed by atoms with E-state index in [-0.39, 0.29) is 34.6 Å². The van der Waals surface area contributed by atoms with E-state index >= 15 is 0 Å². The number of nitrogens with one attached hydrogen (secondary N) is 1. The molecule has 136 valence electrons. The van der Waals surface area contributed by atoms with Crippen LogP contribution in [0.2, 0.25) is 0 Å². The van der Waals surface area contributed by atoms with Gasteiger partial charge in [-0.05, 0) is 32.1 Å². The predicted molar refractivity (Wildman–Crippen MR) is 92.7 cm³/mol. The van der Waals surface area contributed by atoms with Gasteiger partial charge in [0, 0.05) is 38.4 Å². The summed E-state index contributed by atoms with van der Waals surface area (Å²) in [6, 6.07) is 1.26. The highest BCUT2D eigenvalue weighted by Gasteiger charge is 2.32. The first-order valence-electron chi connectivity index (χ1n) is 8.95. The monoisotopic (exact) mass is 347 g/mol. The van der Waals surface area contributed by atoms with Gasteiger partial charge >= 0.3 is 0 Å². The SMILES string of the molecule is COc1c[nH]c(C(=O)N2CCC[C@@H](C(=O)N3CCCCC3)C2)cc1=O. The number of H-pyrrole nitrogens is 1. The molecule has 2 amide bonds. The van der Waals surface area contributed by atoms with Gasteiger partial charge in [-0.25, -0.2) is 0 Å². The molecule has 3 heterocycles. The average Bonchev–Trinajstić information content (AvgIpc) is 2.67. The van der Waals surface area contributed by atoms with Crippen molar-refractivity contribution in [1.29, 1.82) is 0 Å². The molecule has 0 bridgehead atoms. The third-order valence-corrected chi connectivity index (χ3v) is 5.05. The number of nitrogens with zero attached hydrogens (tertiary/aromatic N) is 2. The van der Waals surface area contributed by atoms with Crippen LogP contribution in [-0.2, 0) is 4.79 Å². The number of rotatable bonds is 3. The molecule has 0 radical (unpaired) electrons. The molecule has 3 rings (SSSR count). The lowest BCUT2D eigenvalue weighted by atomic mass is 9.95. The largest absolute Gasteiger partial charge is 0.491 e. The Hall–Kier alpha value is -2.31. The summed E-state index contributed by atoms with van der Waals surface area (Å²) < 4.78 is 4.92. The van der Waals surface area contributed by atoms with E-state index in [1.807, 2.05) is 4.90 Å². The maximum absolute atomic E-state index is 12.7. The van der Waals surface area contributed by atoms with Gasteiger partial charge in [0.25, 0.3) is 5.91 Å². The van der Waals surface area contributed by atoms with Gasteiger partial charge in [-0.1, -0.05) is 0 Å². The molecule has 2 aliphatic heterocycles. The van der Waals surface area contributed by atoms with Gasteiger partial charge in [0.05, 0.1) is 13.0 Å². The Kier molecular flexibility index (Phi) is 5.40. The Morgan fingerprint density at radius 2 is 1.84 bits per heavy atom. The molecule has 2 saturated heterocycles. The molecule has 0 spiro atoms. The lowest BCUT2D eigenvalue weighted by Crippen LogP contribution is -2.48. The number of carbonyl (C=O) groups is 2. The van der Waals surface area contributed by atoms with Gasteiger partial charge in [-0.2, -0.15) is 0 Å². The summed E-state index contributed by atoms with van der Waals surface area (Å²) in [7, 11) is 1.41. The van der Waals surface area contributed by atoms with E-state index in [1.54, 1.807) is 4.90 Å². The summed E-state index contributed by atoms with van der Waals surface area (Å²) in [4.78, 5) is 43.7. The minimum atomic E-state index is -0.331. The van der Waals surface area contributed by atoms with Gasteiger partial charge in [0.15, 0.2) is 5.75 Å². The quantitative estimate of drug-likeness (QED) is 0.892. The summed E-state index contributed by atoms with van der Waals surface area (Å²) in [5.74, 6) is -0.0366. The molecule has 1 N–H and O–H groups in total. The number of hydrogen-bond donors (Lipinski definition) is 1. The molecule has 1 atom stereocenters. The van der Waals surface area contributed by atoms with E-state index in [0.29, 0.717) is 13.1 Å². The molecule has 0 aliphatic carbocycles. The number of piperidine rings is 2. The Balaban J connectivity index is 1.68. The molecule has 1 aromatic heterocycles. The first-order chi connectivity index (χ1) is 12.1. The molecule has 7 nitrogen and oxygen atoms in total. The average molecular weight is 347 g/mol. The second-order valence-corrected chi connectivity index (χ2v) is 6.76. The van der Waals surface area contributed by atoms with E-state index < -0.39 is 0 Å². The van der Waals surface area contributed by atoms with Crippen molar-refractivity contribution in [3.8, 4) is 5.75 Å². The van der Waals surface area contributed by atoms with Crippen molar-refractivity contribution >= 4 is 11.8 Å². The zero-order valence-electron chi connectivity index (χ0n) is 14.6. The fraction of sp³-hybridized carbons (Fsp3) is 0.611. The highest BCUT2D eigenvalue weighted by Crippen LogP contribution is 2.22. The van der Waals surface area contributed by atoms with E-state index in [4.69, 9.17) is 4.74 Å². The first-order valence-corrected chi connectivity index (χ1v) is 8.95. The van der Waals surface area contributed by atoms with E-state index in [9.17, 15) is 14.4 Å². The van der Waals surface area contributed by atoms with Crippen LogP contribution in [0.1, 0.15) is 42.6 Å². The van der Waals surface area contributed by atoms with Crippen molar-refractivity contribution in [2.24, 2.45) is 5.92 Å². The summed E-state index contributed by atoms with van der Waals surface area (Å²) in [5, 5.41) is 0. The zero-order chi connectivity index (χ0) is 17.8. The number of aromatic amines is 1. The number of amides is 2. The van der Waals surface area contributed by atoms with Crippen molar-refractivity contribution in [3.05, 3.63) is 28.2 Å². The predicted octanol–water partition coefficient (Wildman–Crippen LogP) is 1.25. The minimum Gasteiger partial charge on any atom is -0.491 e. The molecule has 0 unspecified atom stereocenters. The fourth-order valence-corrected chi connectivity index (χ4v) is 3.65. The number of methoxy groups -OCH3 is 1. The standard InChI is InChI=1S/C18H25N3O4/c1-25-16-11-19-14(10-15(16)22)18(24)21-9-5-6-13(12-21)17(23)20-7-3-2-4-8-20/h10-11,13H,2-9,12H2,1H3,(H,19,22)/t13-/m1/s1. The van der Waals surface area contributed by atoms with Gasteiger partial charge in [-0.3, -0.25) is 14.4 Å². The number of aromatic nitrogens is 1. The maximum Gasteiger partial charge on any atom is 0.270 e. The van der Waals surface area contributed by atoms with Crippen LogP contribution in [0, 0.1) is 5.92 Å². The smallest absolute Gasteiger partial charge is 0.270 e. The number of hydrogen-bond acceptors (Lipinski definition) is 4. The number of likely N-dealkylation sites (tertiary alicyclic amines) is 2. The molecule has 0 saturated carbocycles. The Morgan fingerprint density at radius 3 is 2.52 bits per heavy atom. The number of ether oxygens (including phenoxy) is 1. The highest BCUT2D eigenvalue weighted by molar-refractivity contribution is 5.93. The van der Waals surface area contributed by atoms with Gasteiger partial charge in [0.1, 0.15) is 5.69 Å². The van der Waals surface area contributed by atoms with Gasteiger partial charge < -0.3 is 19.5 Å². The van der Waals surface area contributed by atoms with E-state index in [1.165, 1.54) is 25.8 Å². The Bertz CT molecular complexity index is 694. The van der Waals surface area contributed by atoms with Crippen molar-refractivity contribution in [2.75, 3.05) is 33.3 Å². The van der Waals surface area contributed by atoms with Crippen LogP contribution in [0.25, 0.3) is 0 Å². The second kappa shape index (κ2) is 7.72. The molecule has 1 aromatic rings. The number of pyridine rings is 1. The van der Waals surface area contributed by atoms with E-state index in [0.717, 1.165) is 38.8 Å². The molecule has 7 heteroatoms. The van der Waals surface area contributed by atoms with Gasteiger partial charge in [0.2, 0.25) is 11.3 Å². The van der Waals surface area contributed by atoms with Crippen LogP contribution in [0.5, 0.6) is 5.75 Å². The molecular formula is C18H25N3O4. The fourth-order valence-electron chi connectivity index (χ4n) is 3.65. The molecule has 2 fully saturated rings. The molecular weight excluding hydrogens is 322 g/mol. The maximum atomic E-state index is 12.7. The minimum absolute atomic E-state index is 0.138. The topological polar surface area (TPSA) is 82.7 Å². The van der Waals surface area contributed by atoms with Crippen molar-refractivity contribution in [2.45, 2.75) is 32.1 Å². The van der Waals surface area contributed by atoms with Crippen molar-refractivity contribution in [3.63, 3.8) is 0 Å². The third kappa shape index (κ3) is 3.86. The van der Waals surface area contributed by atoms with Crippen LogP contribution in [0.4, 0.5) is 0 Å². The Morgan fingerprint density at radius 1 is 1.12 bits per heavy atom. The summed E-state index contributed by atoms with van der Waals surface area (Å²) >= 11 is 0. The normalized spacial score (nSPS) is 21.1. The summed E-state index contributed by atoms with van der Waals surface area (Å²) in [5.41, 5.74) is -0.0978. The number of carbonyl (C=O) groups excluding carboxylic acids is 2. The molecule has 0 aromatic carbocycles. The molecule has 2 aliphatic rings. The van der Waals surface area contributed by atoms with Crippen LogP contribution in [-0.4, -0.2) is 59.9 Å². The van der Waals surface area contributed by atoms with Crippen LogP contribution < -0.4 is 10.2 Å². The van der Waals surface area contributed by atoms with Crippen LogP contribution in [0.3, 0.4) is 0 Å². The summed E-state index contributed by atoms with van der Waals surface area (Å²) in [6.45, 7) is 2.68. The summed E-state index contributed by atoms with van der Waals surface area (Å²) in [6.07, 6.45) is 6.33. The highest BCUT2D eigenvalue weighted by atomic mass is 16.5. The lowest BCUT2D eigenvalue weighted by molar-refractivity contribution is -0.137. The Labute approximate surface area is 147 Å². The van der Waals surface area contributed by atoms with Crippen LogP contribution in [0.15, 0.2) is 17.1 Å². The third-order valence-electron chi connectivity index (χ3n) is 5.05. The second-order valence-electron chi connectivity index (χ2n) is 6.76. The zero-order valence-corrected chi connectivity index (χ0v) is 14.6. The van der Waals surface area contributed by atoms with Crippen molar-refractivity contribution in [1.82, 2.24) is 14.8 Å². The van der Waals surface area contributed by atoms with Crippen LogP contribution >= 0.6 is 0 Å². The van der Waals surface area contributed by atoms with Crippen molar-refractivity contribution < 1.29 is 14.3 Å². The lowest BCUT2D eigenvalue weighted by Gasteiger charge is -2.36. The van der Waals surface area contributed by atoms with E-state index in [2.05, 4.69) is 4.98 Å².